The van der Waals surface area contributed by atoms with Crippen LogP contribution >= 0.6 is 0 Å². The number of rotatable bonds is 3. The molecule has 0 aliphatic heterocycles. The molecule has 0 aliphatic rings. The van der Waals surface area contributed by atoms with Gasteiger partial charge in [-0.1, -0.05) is 0 Å². The SMILES string of the molecule is CCOC(=O)/C=C\C(=O)ON. The van der Waals surface area contributed by atoms with E-state index in [1.54, 1.807) is 6.92 Å². The molecule has 0 aromatic carbocycles. The summed E-state index contributed by atoms with van der Waals surface area (Å²) in [7, 11) is 0. The Morgan fingerprint density at radius 3 is 2.36 bits per heavy atom. The largest absolute Gasteiger partial charge is 0.463 e. The minimum Gasteiger partial charge on any atom is -0.463 e. The number of hydrogen-bond acceptors (Lipinski definition) is 5. The number of carbonyl (C=O) groups excluding carboxylic acids is 2. The summed E-state index contributed by atoms with van der Waals surface area (Å²) in [4.78, 5) is 24.5. The summed E-state index contributed by atoms with van der Waals surface area (Å²) in [6.45, 7) is 1.92. The van der Waals surface area contributed by atoms with Crippen LogP contribution in [-0.4, -0.2) is 18.5 Å². The maximum atomic E-state index is 10.5. The van der Waals surface area contributed by atoms with Crippen LogP contribution in [0.2, 0.25) is 0 Å². The Morgan fingerprint density at radius 2 is 1.91 bits per heavy atom. The lowest BCUT2D eigenvalue weighted by Gasteiger charge is -1.93. The van der Waals surface area contributed by atoms with Gasteiger partial charge in [0, 0.05) is 12.2 Å². The molecule has 0 amide bonds. The molecule has 0 radical (unpaired) electrons. The molecule has 0 heterocycles. The van der Waals surface area contributed by atoms with Gasteiger partial charge < -0.3 is 9.57 Å². The summed E-state index contributed by atoms with van der Waals surface area (Å²) in [5, 5.41) is 0. The minimum atomic E-state index is -0.793. The standard InChI is InChI=1S/C6H9NO4/c1-2-10-5(8)3-4-6(9)11-7/h3-4H,2,7H2,1H3/b4-3-. The highest BCUT2D eigenvalue weighted by Gasteiger charge is 1.96. The Morgan fingerprint density at radius 1 is 1.36 bits per heavy atom. The zero-order valence-electron chi connectivity index (χ0n) is 6.07. The number of carbonyl (C=O) groups is 2. The molecule has 0 aromatic rings. The Kier molecular flexibility index (Phi) is 4.76. The van der Waals surface area contributed by atoms with Crippen molar-refractivity contribution in [3.05, 3.63) is 12.2 Å². The van der Waals surface area contributed by atoms with Gasteiger partial charge >= 0.3 is 11.9 Å². The molecule has 0 aromatic heterocycles. The highest BCUT2D eigenvalue weighted by Crippen LogP contribution is 1.81. The fourth-order valence-corrected chi connectivity index (χ4v) is 0.366. The van der Waals surface area contributed by atoms with Crippen molar-refractivity contribution in [3.8, 4) is 0 Å². The van der Waals surface area contributed by atoms with E-state index in [2.05, 4.69) is 15.5 Å². The quantitative estimate of drug-likeness (QED) is 0.342. The summed E-state index contributed by atoms with van der Waals surface area (Å²) < 4.78 is 4.46. The van der Waals surface area contributed by atoms with Crippen LogP contribution in [0.25, 0.3) is 0 Å². The molecule has 0 unspecified atom stereocenters. The first-order valence-electron chi connectivity index (χ1n) is 2.96. The molecule has 5 nitrogen and oxygen atoms in total. The summed E-state index contributed by atoms with van der Waals surface area (Å²) in [5.41, 5.74) is 0. The molecule has 0 atom stereocenters. The van der Waals surface area contributed by atoms with Crippen LogP contribution in [-0.2, 0) is 19.2 Å². The van der Waals surface area contributed by atoms with Crippen molar-refractivity contribution in [2.75, 3.05) is 6.61 Å². The van der Waals surface area contributed by atoms with Crippen molar-refractivity contribution in [2.45, 2.75) is 6.92 Å². The van der Waals surface area contributed by atoms with Crippen LogP contribution in [0, 0.1) is 0 Å². The molecule has 0 saturated heterocycles. The number of ether oxygens (including phenoxy) is 1. The second-order valence-corrected chi connectivity index (χ2v) is 1.52. The lowest BCUT2D eigenvalue weighted by Crippen LogP contribution is -2.07. The highest BCUT2D eigenvalue weighted by molar-refractivity contribution is 5.91. The third-order valence-electron chi connectivity index (χ3n) is 0.758. The van der Waals surface area contributed by atoms with E-state index in [1.807, 2.05) is 0 Å². The molecule has 0 fully saturated rings. The smallest absolute Gasteiger partial charge is 0.349 e. The fraction of sp³-hybridized carbons (Fsp3) is 0.333. The van der Waals surface area contributed by atoms with Gasteiger partial charge in [0.25, 0.3) is 0 Å². The predicted octanol–water partition coefficient (Wildman–Crippen LogP) is -0.477. The Bertz CT molecular complexity index is 175. The van der Waals surface area contributed by atoms with Crippen LogP contribution in [0.3, 0.4) is 0 Å². The molecular formula is C6H9NO4. The second kappa shape index (κ2) is 5.43. The lowest BCUT2D eigenvalue weighted by atomic mass is 10.5. The minimum absolute atomic E-state index is 0.265. The molecule has 0 spiro atoms. The van der Waals surface area contributed by atoms with Gasteiger partial charge in [0.1, 0.15) is 0 Å². The van der Waals surface area contributed by atoms with E-state index in [1.165, 1.54) is 0 Å². The Labute approximate surface area is 63.7 Å². The van der Waals surface area contributed by atoms with E-state index in [0.717, 1.165) is 12.2 Å². The van der Waals surface area contributed by atoms with Crippen LogP contribution in [0.1, 0.15) is 6.92 Å². The van der Waals surface area contributed by atoms with Crippen molar-refractivity contribution in [1.29, 1.82) is 0 Å². The molecule has 0 bridgehead atoms. The molecule has 0 aliphatic carbocycles. The Hall–Kier alpha value is -1.36. The van der Waals surface area contributed by atoms with Crippen molar-refractivity contribution >= 4 is 11.9 Å². The summed E-state index contributed by atoms with van der Waals surface area (Å²) in [6.07, 6.45) is 1.83. The van der Waals surface area contributed by atoms with Gasteiger partial charge in [-0.2, -0.15) is 5.90 Å². The molecule has 5 heteroatoms. The average Bonchev–Trinajstić information content (AvgIpc) is 2.01. The third kappa shape index (κ3) is 5.10. The first-order chi connectivity index (χ1) is 5.20. The van der Waals surface area contributed by atoms with Crippen LogP contribution < -0.4 is 5.90 Å². The van der Waals surface area contributed by atoms with E-state index >= 15 is 0 Å². The normalized spacial score (nSPS) is 9.64. The summed E-state index contributed by atoms with van der Waals surface area (Å²) in [6, 6.07) is 0. The topological polar surface area (TPSA) is 78.6 Å². The molecule has 62 valence electrons. The third-order valence-corrected chi connectivity index (χ3v) is 0.758. The van der Waals surface area contributed by atoms with Crippen LogP contribution in [0.15, 0.2) is 12.2 Å². The molecule has 0 rings (SSSR count). The van der Waals surface area contributed by atoms with Crippen molar-refractivity contribution in [1.82, 2.24) is 0 Å². The maximum absolute atomic E-state index is 10.5. The zero-order chi connectivity index (χ0) is 8.69. The van der Waals surface area contributed by atoms with E-state index in [4.69, 9.17) is 0 Å². The van der Waals surface area contributed by atoms with Gasteiger partial charge in [-0.05, 0) is 6.92 Å². The van der Waals surface area contributed by atoms with Crippen molar-refractivity contribution in [3.63, 3.8) is 0 Å². The molecule has 2 N–H and O–H groups in total. The van der Waals surface area contributed by atoms with Gasteiger partial charge in [-0.15, -0.1) is 0 Å². The first-order valence-corrected chi connectivity index (χ1v) is 2.96. The second-order valence-electron chi connectivity index (χ2n) is 1.52. The van der Waals surface area contributed by atoms with Gasteiger partial charge in [-0.3, -0.25) is 0 Å². The van der Waals surface area contributed by atoms with Gasteiger partial charge in [-0.25, -0.2) is 9.59 Å². The van der Waals surface area contributed by atoms with Crippen molar-refractivity contribution in [2.24, 2.45) is 5.90 Å². The summed E-state index contributed by atoms with van der Waals surface area (Å²) in [5.74, 6) is 3.09. The monoisotopic (exact) mass is 159 g/mol. The summed E-state index contributed by atoms with van der Waals surface area (Å²) >= 11 is 0. The Balaban J connectivity index is 3.73. The molecular weight excluding hydrogens is 150 g/mol. The van der Waals surface area contributed by atoms with Gasteiger partial charge in [0.05, 0.1) is 6.61 Å². The van der Waals surface area contributed by atoms with Crippen LogP contribution in [0.5, 0.6) is 0 Å². The highest BCUT2D eigenvalue weighted by atomic mass is 16.7. The molecule has 11 heavy (non-hydrogen) atoms. The number of hydrogen-bond donors (Lipinski definition) is 1. The van der Waals surface area contributed by atoms with Crippen LogP contribution in [0.4, 0.5) is 0 Å². The predicted molar refractivity (Wildman–Crippen MR) is 36.1 cm³/mol. The average molecular weight is 159 g/mol. The van der Waals surface area contributed by atoms with Crippen molar-refractivity contribution < 1.29 is 19.2 Å². The fourth-order valence-electron chi connectivity index (χ4n) is 0.366. The van der Waals surface area contributed by atoms with E-state index in [9.17, 15) is 9.59 Å². The van der Waals surface area contributed by atoms with Gasteiger partial charge in [0.15, 0.2) is 0 Å². The lowest BCUT2D eigenvalue weighted by molar-refractivity contribution is -0.140. The van der Waals surface area contributed by atoms with E-state index < -0.39 is 11.9 Å². The zero-order valence-corrected chi connectivity index (χ0v) is 6.07. The number of nitrogens with two attached hydrogens (primary N) is 1. The van der Waals surface area contributed by atoms with E-state index in [0.29, 0.717) is 0 Å². The number of esters is 1. The maximum Gasteiger partial charge on any atom is 0.349 e. The van der Waals surface area contributed by atoms with E-state index in [-0.39, 0.29) is 6.61 Å². The molecule has 0 saturated carbocycles. The first kappa shape index (κ1) is 9.64. The van der Waals surface area contributed by atoms with Gasteiger partial charge in [0.2, 0.25) is 0 Å².